The van der Waals surface area contributed by atoms with Crippen molar-refractivity contribution < 1.29 is 9.53 Å². The van der Waals surface area contributed by atoms with Crippen LogP contribution < -0.4 is 0 Å². The van der Waals surface area contributed by atoms with Gasteiger partial charge in [-0.05, 0) is 38.0 Å². The summed E-state index contributed by atoms with van der Waals surface area (Å²) >= 11 is 10.3. The van der Waals surface area contributed by atoms with E-state index in [1.807, 2.05) is 11.8 Å². The Kier molecular flexibility index (Phi) is 5.13. The molecule has 3 nitrogen and oxygen atoms in total. The first-order valence-corrected chi connectivity index (χ1v) is 7.33. The van der Waals surface area contributed by atoms with Crippen LogP contribution in [0, 0.1) is 0 Å². The standard InChI is InChI=1S/C14H18ClNO2S/c1-2-18-10-5-7-16(8-6-10)14(17)12-9-11(19)3-4-13(12)15/h3-4,9-10,19H,2,5-8H2,1H3. The molecule has 0 aliphatic carbocycles. The first-order chi connectivity index (χ1) is 9.11. The molecule has 0 spiro atoms. The second-order valence-electron chi connectivity index (χ2n) is 4.61. The van der Waals surface area contributed by atoms with Gasteiger partial charge in [0.05, 0.1) is 16.7 Å². The number of amides is 1. The number of halogens is 1. The van der Waals surface area contributed by atoms with Crippen molar-refractivity contribution in [3.8, 4) is 0 Å². The van der Waals surface area contributed by atoms with Crippen LogP contribution in [0.15, 0.2) is 23.1 Å². The zero-order valence-corrected chi connectivity index (χ0v) is 12.6. The molecule has 0 bridgehead atoms. The van der Waals surface area contributed by atoms with Gasteiger partial charge in [0.2, 0.25) is 0 Å². The van der Waals surface area contributed by atoms with Crippen molar-refractivity contribution in [2.45, 2.75) is 30.8 Å². The molecule has 2 rings (SSSR count). The van der Waals surface area contributed by atoms with Crippen molar-refractivity contribution in [3.05, 3.63) is 28.8 Å². The number of nitrogens with zero attached hydrogens (tertiary/aromatic N) is 1. The van der Waals surface area contributed by atoms with Crippen molar-refractivity contribution in [3.63, 3.8) is 0 Å². The van der Waals surface area contributed by atoms with E-state index in [9.17, 15) is 4.79 Å². The van der Waals surface area contributed by atoms with Gasteiger partial charge in [-0.1, -0.05) is 11.6 Å². The van der Waals surface area contributed by atoms with Crippen LogP contribution in [0.1, 0.15) is 30.1 Å². The van der Waals surface area contributed by atoms with Crippen LogP contribution in [0.5, 0.6) is 0 Å². The Labute approximate surface area is 124 Å². The second kappa shape index (κ2) is 6.64. The van der Waals surface area contributed by atoms with Gasteiger partial charge in [0.15, 0.2) is 0 Å². The van der Waals surface area contributed by atoms with E-state index in [0.29, 0.717) is 10.6 Å². The smallest absolute Gasteiger partial charge is 0.255 e. The minimum atomic E-state index is -0.0177. The number of thiol groups is 1. The van der Waals surface area contributed by atoms with E-state index in [0.717, 1.165) is 37.4 Å². The highest BCUT2D eigenvalue weighted by molar-refractivity contribution is 7.80. The lowest BCUT2D eigenvalue weighted by Gasteiger charge is -2.32. The van der Waals surface area contributed by atoms with Gasteiger partial charge >= 0.3 is 0 Å². The van der Waals surface area contributed by atoms with Crippen molar-refractivity contribution in [1.29, 1.82) is 0 Å². The van der Waals surface area contributed by atoms with Crippen molar-refractivity contribution in [1.82, 2.24) is 4.90 Å². The average molecular weight is 300 g/mol. The zero-order chi connectivity index (χ0) is 13.8. The van der Waals surface area contributed by atoms with E-state index in [1.165, 1.54) is 0 Å². The summed E-state index contributed by atoms with van der Waals surface area (Å²) in [6.07, 6.45) is 2.05. The van der Waals surface area contributed by atoms with Crippen LogP contribution in [-0.2, 0) is 4.74 Å². The van der Waals surface area contributed by atoms with Gasteiger partial charge in [0.1, 0.15) is 0 Å². The molecule has 0 aromatic heterocycles. The highest BCUT2D eigenvalue weighted by atomic mass is 35.5. The lowest BCUT2D eigenvalue weighted by molar-refractivity contribution is 0.0146. The summed E-state index contributed by atoms with van der Waals surface area (Å²) in [5, 5.41) is 0.481. The highest BCUT2D eigenvalue weighted by Gasteiger charge is 2.25. The van der Waals surface area contributed by atoms with E-state index in [1.54, 1.807) is 18.2 Å². The Morgan fingerprint density at radius 2 is 2.16 bits per heavy atom. The monoisotopic (exact) mass is 299 g/mol. The number of carbonyl (C=O) groups excluding carboxylic acids is 1. The number of hydrogen-bond acceptors (Lipinski definition) is 3. The van der Waals surface area contributed by atoms with Crippen LogP contribution in [0.4, 0.5) is 0 Å². The van der Waals surface area contributed by atoms with Crippen molar-refractivity contribution >= 4 is 30.1 Å². The zero-order valence-electron chi connectivity index (χ0n) is 10.9. The first kappa shape index (κ1) is 14.7. The van der Waals surface area contributed by atoms with Crippen molar-refractivity contribution in [2.24, 2.45) is 0 Å². The van der Waals surface area contributed by atoms with Gasteiger partial charge < -0.3 is 9.64 Å². The maximum absolute atomic E-state index is 12.4. The summed E-state index contributed by atoms with van der Waals surface area (Å²) in [4.78, 5) is 15.0. The van der Waals surface area contributed by atoms with Gasteiger partial charge in [-0.15, -0.1) is 12.6 Å². The molecule has 19 heavy (non-hydrogen) atoms. The third-order valence-electron chi connectivity index (χ3n) is 3.31. The van der Waals surface area contributed by atoms with E-state index < -0.39 is 0 Å². The van der Waals surface area contributed by atoms with E-state index >= 15 is 0 Å². The third kappa shape index (κ3) is 3.65. The lowest BCUT2D eigenvalue weighted by atomic mass is 10.1. The topological polar surface area (TPSA) is 29.5 Å². The summed E-state index contributed by atoms with van der Waals surface area (Å²) in [6.45, 7) is 4.16. The minimum absolute atomic E-state index is 0.0177. The van der Waals surface area contributed by atoms with E-state index in [2.05, 4.69) is 12.6 Å². The average Bonchev–Trinajstić information content (AvgIpc) is 2.42. The Bertz CT molecular complexity index is 459. The number of likely N-dealkylation sites (tertiary alicyclic amines) is 1. The van der Waals surface area contributed by atoms with Crippen LogP contribution >= 0.6 is 24.2 Å². The van der Waals surface area contributed by atoms with Gasteiger partial charge in [-0.3, -0.25) is 4.79 Å². The van der Waals surface area contributed by atoms with E-state index in [-0.39, 0.29) is 12.0 Å². The molecule has 0 unspecified atom stereocenters. The Morgan fingerprint density at radius 3 is 2.79 bits per heavy atom. The molecule has 1 saturated heterocycles. The summed E-state index contributed by atoms with van der Waals surface area (Å²) in [5.41, 5.74) is 0.532. The maximum atomic E-state index is 12.4. The first-order valence-electron chi connectivity index (χ1n) is 6.51. The largest absolute Gasteiger partial charge is 0.378 e. The minimum Gasteiger partial charge on any atom is -0.378 e. The molecule has 5 heteroatoms. The molecule has 0 radical (unpaired) electrons. The Balaban J connectivity index is 2.03. The number of ether oxygens (including phenoxy) is 1. The molecule has 1 aliphatic rings. The Hall–Kier alpha value is -0.710. The molecule has 0 N–H and O–H groups in total. The normalized spacial score (nSPS) is 16.7. The molecule has 1 aliphatic heterocycles. The fraction of sp³-hybridized carbons (Fsp3) is 0.500. The van der Waals surface area contributed by atoms with Crippen LogP contribution in [-0.4, -0.2) is 36.6 Å². The molecular weight excluding hydrogens is 282 g/mol. The predicted octanol–water partition coefficient (Wildman–Crippen LogP) is 3.27. The summed E-state index contributed by atoms with van der Waals surface area (Å²) in [5.74, 6) is -0.0177. The van der Waals surface area contributed by atoms with Crippen molar-refractivity contribution in [2.75, 3.05) is 19.7 Å². The highest BCUT2D eigenvalue weighted by Crippen LogP contribution is 2.23. The molecule has 1 aromatic carbocycles. The summed E-state index contributed by atoms with van der Waals surface area (Å²) < 4.78 is 5.58. The number of rotatable bonds is 3. The summed E-state index contributed by atoms with van der Waals surface area (Å²) in [7, 11) is 0. The SMILES string of the molecule is CCOC1CCN(C(=O)c2cc(S)ccc2Cl)CC1. The maximum Gasteiger partial charge on any atom is 0.255 e. The van der Waals surface area contributed by atoms with Gasteiger partial charge in [-0.2, -0.15) is 0 Å². The number of piperidine rings is 1. The molecule has 0 atom stereocenters. The third-order valence-corrected chi connectivity index (χ3v) is 3.92. The van der Waals surface area contributed by atoms with Crippen LogP contribution in [0.25, 0.3) is 0 Å². The lowest BCUT2D eigenvalue weighted by Crippen LogP contribution is -2.41. The number of carbonyl (C=O) groups is 1. The van der Waals surface area contributed by atoms with Gasteiger partial charge in [-0.25, -0.2) is 0 Å². The molecule has 1 aromatic rings. The molecule has 1 fully saturated rings. The molecular formula is C14H18ClNO2S. The fourth-order valence-corrected chi connectivity index (χ4v) is 2.71. The molecule has 1 amide bonds. The molecule has 104 valence electrons. The molecule has 0 saturated carbocycles. The predicted molar refractivity (Wildman–Crippen MR) is 79.3 cm³/mol. The second-order valence-corrected chi connectivity index (χ2v) is 5.53. The summed E-state index contributed by atoms with van der Waals surface area (Å²) in [6, 6.07) is 5.22. The van der Waals surface area contributed by atoms with Crippen LogP contribution in [0.3, 0.4) is 0 Å². The quantitative estimate of drug-likeness (QED) is 0.868. The molecule has 1 heterocycles. The van der Waals surface area contributed by atoms with Gasteiger partial charge in [0, 0.05) is 24.6 Å². The fourth-order valence-electron chi connectivity index (χ4n) is 2.31. The van der Waals surface area contributed by atoms with Crippen LogP contribution in [0.2, 0.25) is 5.02 Å². The van der Waals surface area contributed by atoms with E-state index in [4.69, 9.17) is 16.3 Å². The van der Waals surface area contributed by atoms with Gasteiger partial charge in [0.25, 0.3) is 5.91 Å². The number of benzene rings is 1. The Morgan fingerprint density at radius 1 is 1.47 bits per heavy atom. The number of hydrogen-bond donors (Lipinski definition) is 1.